The van der Waals surface area contributed by atoms with E-state index in [1.165, 1.54) is 6.20 Å². The van der Waals surface area contributed by atoms with Crippen molar-refractivity contribution in [3.63, 3.8) is 0 Å². The maximum atomic E-state index is 11.0. The molecule has 4 rings (SSSR count). The Balaban J connectivity index is 0.000000131. The van der Waals surface area contributed by atoms with Gasteiger partial charge in [0.1, 0.15) is 17.6 Å². The highest BCUT2D eigenvalue weighted by molar-refractivity contribution is 6.20. The van der Waals surface area contributed by atoms with E-state index >= 15 is 0 Å². The van der Waals surface area contributed by atoms with Crippen molar-refractivity contribution in [3.8, 4) is 0 Å². The fourth-order valence-electron chi connectivity index (χ4n) is 2.14. The topological polar surface area (TPSA) is 127 Å². The maximum absolute atomic E-state index is 11.0. The molecule has 8 heteroatoms. The van der Waals surface area contributed by atoms with Crippen LogP contribution >= 0.6 is 0 Å². The van der Waals surface area contributed by atoms with Crippen LogP contribution in [0.15, 0.2) is 36.7 Å². The van der Waals surface area contributed by atoms with Crippen LogP contribution in [0.4, 0.5) is 0 Å². The largest absolute Gasteiger partial charge is 0.331 e. The number of nitrogens with two attached hydrogens (primary N) is 1. The van der Waals surface area contributed by atoms with Gasteiger partial charge >= 0.3 is 0 Å². The van der Waals surface area contributed by atoms with Crippen molar-refractivity contribution in [2.75, 3.05) is 0 Å². The van der Waals surface area contributed by atoms with E-state index in [2.05, 4.69) is 20.6 Å². The molecule has 110 valence electrons. The highest BCUT2D eigenvalue weighted by Gasteiger charge is 2.27. The molecular formula is C14H11N5O3. The zero-order valence-electron chi connectivity index (χ0n) is 11.2. The number of hydrogen-bond donors (Lipinski definition) is 3. The third kappa shape index (κ3) is 2.31. The Bertz CT molecular complexity index is 757. The summed E-state index contributed by atoms with van der Waals surface area (Å²) in [6.07, 6.45) is 2.68. The molecule has 4 heterocycles. The minimum absolute atomic E-state index is 0.187. The molecule has 0 saturated carbocycles. The molecule has 0 aliphatic carbocycles. The summed E-state index contributed by atoms with van der Waals surface area (Å²) in [6, 6.07) is 6.75. The van der Waals surface area contributed by atoms with E-state index in [1.54, 1.807) is 30.5 Å². The van der Waals surface area contributed by atoms with Crippen LogP contribution in [0.25, 0.3) is 0 Å². The van der Waals surface area contributed by atoms with Crippen molar-refractivity contribution in [2.45, 2.75) is 6.17 Å². The molecule has 3 amide bonds. The van der Waals surface area contributed by atoms with Gasteiger partial charge in [-0.25, -0.2) is 0 Å². The molecule has 0 aromatic carbocycles. The number of carbonyl (C=O) groups excluding carboxylic acids is 3. The predicted molar refractivity (Wildman–Crippen MR) is 74.7 cm³/mol. The van der Waals surface area contributed by atoms with E-state index in [9.17, 15) is 14.4 Å². The van der Waals surface area contributed by atoms with Gasteiger partial charge in [0.2, 0.25) is 0 Å². The number of rotatable bonds is 0. The molecule has 2 aliphatic heterocycles. The van der Waals surface area contributed by atoms with Gasteiger partial charge in [0.25, 0.3) is 17.7 Å². The number of carbonyl (C=O) groups is 3. The number of nitrogens with zero attached hydrogens (tertiary/aromatic N) is 2. The highest BCUT2D eigenvalue weighted by Crippen LogP contribution is 2.17. The van der Waals surface area contributed by atoms with Crippen LogP contribution in [-0.2, 0) is 0 Å². The van der Waals surface area contributed by atoms with E-state index in [0.717, 1.165) is 5.56 Å². The first kappa shape index (κ1) is 13.8. The first-order valence-corrected chi connectivity index (χ1v) is 6.40. The van der Waals surface area contributed by atoms with Crippen molar-refractivity contribution in [1.29, 1.82) is 0 Å². The minimum Gasteiger partial charge on any atom is -0.331 e. The standard InChI is InChI=1S/C7H7N3O.C7H4N2O2/c8-6-4-2-1-3-9-5(4)7(11)10-6;10-6-4-2-1-3-8-5(4)7(11)9-6/h1-3,6H,8H2,(H,10,11);1-3H,(H,9,10,11). The molecule has 22 heavy (non-hydrogen) atoms. The second kappa shape index (κ2) is 5.34. The normalized spacial score (nSPS) is 17.9. The summed E-state index contributed by atoms with van der Waals surface area (Å²) in [5.74, 6) is -0.961. The third-order valence-corrected chi connectivity index (χ3v) is 3.17. The number of fused-ring (bicyclic) bond motifs is 2. The average Bonchev–Trinajstić information content (AvgIpc) is 2.99. The Morgan fingerprint density at radius 2 is 1.59 bits per heavy atom. The summed E-state index contributed by atoms with van der Waals surface area (Å²) in [5, 5.41) is 4.70. The van der Waals surface area contributed by atoms with Gasteiger partial charge in [-0.1, -0.05) is 6.07 Å². The van der Waals surface area contributed by atoms with Gasteiger partial charge in [-0.3, -0.25) is 29.7 Å². The lowest BCUT2D eigenvalue weighted by atomic mass is 10.2. The molecular weight excluding hydrogens is 286 g/mol. The van der Waals surface area contributed by atoms with Gasteiger partial charge < -0.3 is 11.1 Å². The van der Waals surface area contributed by atoms with Gasteiger partial charge in [0.05, 0.1) is 5.56 Å². The summed E-state index contributed by atoms with van der Waals surface area (Å²) in [4.78, 5) is 40.5. The lowest BCUT2D eigenvalue weighted by molar-refractivity contribution is 0.0876. The maximum Gasteiger partial charge on any atom is 0.277 e. The second-order valence-electron chi connectivity index (χ2n) is 4.58. The number of aromatic nitrogens is 2. The average molecular weight is 297 g/mol. The summed E-state index contributed by atoms with van der Waals surface area (Å²) in [7, 11) is 0. The minimum atomic E-state index is -0.411. The smallest absolute Gasteiger partial charge is 0.277 e. The fourth-order valence-corrected chi connectivity index (χ4v) is 2.14. The molecule has 4 N–H and O–H groups in total. The molecule has 1 unspecified atom stereocenters. The Labute approximate surface area is 124 Å². The number of imide groups is 1. The zero-order valence-corrected chi connectivity index (χ0v) is 11.2. The van der Waals surface area contributed by atoms with E-state index in [4.69, 9.17) is 5.73 Å². The van der Waals surface area contributed by atoms with Crippen molar-refractivity contribution >= 4 is 17.7 Å². The SMILES string of the molecule is NC1NC(=O)c2ncccc21.O=C1NC(=O)c2ncccc21. The van der Waals surface area contributed by atoms with Crippen molar-refractivity contribution in [2.24, 2.45) is 5.73 Å². The molecule has 2 aromatic heterocycles. The molecule has 0 spiro atoms. The Hall–Kier alpha value is -3.13. The first-order valence-electron chi connectivity index (χ1n) is 6.40. The van der Waals surface area contributed by atoms with E-state index in [0.29, 0.717) is 11.3 Å². The molecule has 0 bridgehead atoms. The van der Waals surface area contributed by atoms with Crippen LogP contribution < -0.4 is 16.4 Å². The Morgan fingerprint density at radius 3 is 2.27 bits per heavy atom. The van der Waals surface area contributed by atoms with E-state index in [-0.39, 0.29) is 23.7 Å². The van der Waals surface area contributed by atoms with Crippen LogP contribution in [-0.4, -0.2) is 27.7 Å². The molecule has 2 aliphatic rings. The van der Waals surface area contributed by atoms with Crippen LogP contribution in [0.1, 0.15) is 43.1 Å². The quantitative estimate of drug-likeness (QED) is 0.575. The molecule has 1 atom stereocenters. The van der Waals surface area contributed by atoms with Crippen LogP contribution in [0, 0.1) is 0 Å². The van der Waals surface area contributed by atoms with Crippen LogP contribution in [0.5, 0.6) is 0 Å². The molecule has 0 radical (unpaired) electrons. The van der Waals surface area contributed by atoms with Gasteiger partial charge in [-0.05, 0) is 18.2 Å². The van der Waals surface area contributed by atoms with Crippen molar-refractivity contribution in [3.05, 3.63) is 59.2 Å². The lowest BCUT2D eigenvalue weighted by Crippen LogP contribution is -2.25. The number of hydrogen-bond acceptors (Lipinski definition) is 6. The summed E-state index contributed by atoms with van der Waals surface area (Å²) < 4.78 is 0. The molecule has 2 aromatic rings. The molecule has 8 nitrogen and oxygen atoms in total. The van der Waals surface area contributed by atoms with Crippen LogP contribution in [0.3, 0.4) is 0 Å². The van der Waals surface area contributed by atoms with Gasteiger partial charge in [0, 0.05) is 18.0 Å². The first-order chi connectivity index (χ1) is 10.6. The fraction of sp³-hybridized carbons (Fsp3) is 0.0714. The Morgan fingerprint density at radius 1 is 0.909 bits per heavy atom. The summed E-state index contributed by atoms with van der Waals surface area (Å²) >= 11 is 0. The van der Waals surface area contributed by atoms with Crippen LogP contribution in [0.2, 0.25) is 0 Å². The number of pyridine rings is 2. The second-order valence-corrected chi connectivity index (χ2v) is 4.58. The van der Waals surface area contributed by atoms with Gasteiger partial charge in [-0.2, -0.15) is 0 Å². The number of amides is 3. The highest BCUT2D eigenvalue weighted by atomic mass is 16.2. The van der Waals surface area contributed by atoms with Gasteiger partial charge in [0.15, 0.2) is 0 Å². The monoisotopic (exact) mass is 297 g/mol. The lowest BCUT2D eigenvalue weighted by Gasteiger charge is -2.00. The van der Waals surface area contributed by atoms with Crippen molar-refractivity contribution < 1.29 is 14.4 Å². The zero-order chi connectivity index (χ0) is 15.7. The Kier molecular flexibility index (Phi) is 3.36. The van der Waals surface area contributed by atoms with E-state index < -0.39 is 5.91 Å². The molecule has 0 fully saturated rings. The van der Waals surface area contributed by atoms with E-state index in [1.807, 2.05) is 0 Å². The summed E-state index contributed by atoms with van der Waals surface area (Å²) in [6.45, 7) is 0. The summed E-state index contributed by atoms with van der Waals surface area (Å²) in [5.41, 5.74) is 7.36. The predicted octanol–water partition coefficient (Wildman–Crippen LogP) is -0.253. The third-order valence-electron chi connectivity index (χ3n) is 3.17. The molecule has 0 saturated heterocycles. The van der Waals surface area contributed by atoms with Gasteiger partial charge in [-0.15, -0.1) is 0 Å². The van der Waals surface area contributed by atoms with Crippen molar-refractivity contribution in [1.82, 2.24) is 20.6 Å². The number of nitrogens with one attached hydrogen (secondary N) is 2.